The molecule has 1 heterocycles. The highest BCUT2D eigenvalue weighted by atomic mass is 79.9. The third-order valence-electron chi connectivity index (χ3n) is 3.41. The van der Waals surface area contributed by atoms with Gasteiger partial charge in [-0.1, -0.05) is 6.07 Å². The fourth-order valence-electron chi connectivity index (χ4n) is 2.38. The summed E-state index contributed by atoms with van der Waals surface area (Å²) in [5.74, 6) is 0.0682. The summed E-state index contributed by atoms with van der Waals surface area (Å²) < 4.78 is 0.791. The van der Waals surface area contributed by atoms with E-state index in [0.29, 0.717) is 18.5 Å². The van der Waals surface area contributed by atoms with Crippen molar-refractivity contribution in [2.75, 3.05) is 13.1 Å². The summed E-state index contributed by atoms with van der Waals surface area (Å²) in [5.41, 5.74) is 1.72. The second kappa shape index (κ2) is 6.39. The minimum Gasteiger partial charge on any atom is -0.348 e. The molecule has 1 aliphatic rings. The highest BCUT2D eigenvalue weighted by Crippen LogP contribution is 2.18. The van der Waals surface area contributed by atoms with Crippen LogP contribution in [-0.2, 0) is 4.79 Å². The van der Waals surface area contributed by atoms with Gasteiger partial charge >= 0.3 is 0 Å². The number of halogens is 1. The van der Waals surface area contributed by atoms with E-state index in [1.807, 2.05) is 36.9 Å². The summed E-state index contributed by atoms with van der Waals surface area (Å²) in [6, 6.07) is 5.58. The van der Waals surface area contributed by atoms with Gasteiger partial charge in [-0.15, -0.1) is 0 Å². The molecular weight excluding hydrogens is 320 g/mol. The molecule has 0 aromatic heterocycles. The van der Waals surface area contributed by atoms with Crippen molar-refractivity contribution < 1.29 is 9.59 Å². The molecule has 1 aromatic carbocycles. The van der Waals surface area contributed by atoms with Crippen LogP contribution in [0.1, 0.15) is 35.7 Å². The number of likely N-dealkylation sites (tertiary alicyclic amines) is 1. The van der Waals surface area contributed by atoms with Crippen LogP contribution in [0.4, 0.5) is 0 Å². The number of amides is 2. The Balaban J connectivity index is 1.95. The van der Waals surface area contributed by atoms with Gasteiger partial charge in [0.05, 0.1) is 5.56 Å². The number of hydrogen-bond acceptors (Lipinski definition) is 2. The van der Waals surface area contributed by atoms with Crippen molar-refractivity contribution in [3.8, 4) is 0 Å². The Morgan fingerprint density at radius 2 is 2.25 bits per heavy atom. The lowest BCUT2D eigenvalue weighted by atomic mass is 10.1. The molecule has 1 saturated heterocycles. The van der Waals surface area contributed by atoms with Crippen LogP contribution in [0.3, 0.4) is 0 Å². The van der Waals surface area contributed by atoms with Crippen molar-refractivity contribution in [2.24, 2.45) is 0 Å². The third-order valence-corrected chi connectivity index (χ3v) is 4.07. The Kier molecular flexibility index (Phi) is 4.81. The second-order valence-electron chi connectivity index (χ2n) is 5.30. The fraction of sp³-hybridized carbons (Fsp3) is 0.467. The monoisotopic (exact) mass is 338 g/mol. The first-order valence-electron chi connectivity index (χ1n) is 6.82. The highest BCUT2D eigenvalue weighted by Gasteiger charge is 2.22. The Morgan fingerprint density at radius 3 is 2.85 bits per heavy atom. The van der Waals surface area contributed by atoms with E-state index >= 15 is 0 Å². The maximum atomic E-state index is 12.2. The number of nitrogens with zero attached hydrogens (tertiary/aromatic N) is 1. The molecule has 0 spiro atoms. The predicted octanol–water partition coefficient (Wildman–Crippen LogP) is 2.50. The van der Waals surface area contributed by atoms with Crippen LogP contribution in [0.5, 0.6) is 0 Å². The lowest BCUT2D eigenvalue weighted by Crippen LogP contribution is -2.42. The molecule has 1 fully saturated rings. The average molecular weight is 339 g/mol. The van der Waals surface area contributed by atoms with Crippen LogP contribution in [0.15, 0.2) is 22.7 Å². The fourth-order valence-corrected chi connectivity index (χ4v) is 3.05. The van der Waals surface area contributed by atoms with Gasteiger partial charge in [-0.2, -0.15) is 0 Å². The van der Waals surface area contributed by atoms with Gasteiger partial charge in [-0.3, -0.25) is 9.59 Å². The Labute approximate surface area is 127 Å². The van der Waals surface area contributed by atoms with Crippen molar-refractivity contribution in [3.05, 3.63) is 33.8 Å². The first-order valence-corrected chi connectivity index (χ1v) is 7.61. The van der Waals surface area contributed by atoms with Gasteiger partial charge < -0.3 is 10.2 Å². The number of benzene rings is 1. The highest BCUT2D eigenvalue weighted by molar-refractivity contribution is 9.10. The minimum absolute atomic E-state index is 0.0576. The van der Waals surface area contributed by atoms with E-state index in [-0.39, 0.29) is 17.9 Å². The van der Waals surface area contributed by atoms with E-state index in [4.69, 9.17) is 0 Å². The summed E-state index contributed by atoms with van der Waals surface area (Å²) >= 11 is 3.41. The molecule has 1 aromatic rings. The normalized spacial score (nSPS) is 16.4. The van der Waals surface area contributed by atoms with E-state index < -0.39 is 0 Å². The van der Waals surface area contributed by atoms with Gasteiger partial charge in [-0.25, -0.2) is 0 Å². The lowest BCUT2D eigenvalue weighted by molar-refractivity contribution is -0.127. The lowest BCUT2D eigenvalue weighted by Gasteiger charge is -2.22. The van der Waals surface area contributed by atoms with Crippen LogP contribution in [0.25, 0.3) is 0 Å². The molecular formula is C15H19BrN2O2. The van der Waals surface area contributed by atoms with E-state index in [2.05, 4.69) is 21.2 Å². The summed E-state index contributed by atoms with van der Waals surface area (Å²) in [7, 11) is 0. The van der Waals surface area contributed by atoms with Crippen molar-refractivity contribution in [1.82, 2.24) is 10.2 Å². The van der Waals surface area contributed by atoms with Crippen molar-refractivity contribution in [1.29, 1.82) is 0 Å². The third kappa shape index (κ3) is 3.60. The smallest absolute Gasteiger partial charge is 0.252 e. The molecule has 0 aliphatic carbocycles. The number of aryl methyl sites for hydroxylation is 1. The molecule has 1 aliphatic heterocycles. The first-order chi connectivity index (χ1) is 9.47. The van der Waals surface area contributed by atoms with E-state index in [1.54, 1.807) is 0 Å². The average Bonchev–Trinajstić information content (AvgIpc) is 2.74. The summed E-state index contributed by atoms with van der Waals surface area (Å²) in [5, 5.41) is 2.94. The topological polar surface area (TPSA) is 49.4 Å². The molecule has 1 unspecified atom stereocenters. The van der Waals surface area contributed by atoms with Gasteiger partial charge in [-0.05, 0) is 53.9 Å². The molecule has 0 bridgehead atoms. The van der Waals surface area contributed by atoms with Crippen LogP contribution >= 0.6 is 15.9 Å². The summed E-state index contributed by atoms with van der Waals surface area (Å²) in [6.45, 7) is 5.28. The zero-order valence-corrected chi connectivity index (χ0v) is 13.4. The second-order valence-corrected chi connectivity index (χ2v) is 6.16. The molecule has 0 radical (unpaired) electrons. The number of hydrogen-bond donors (Lipinski definition) is 1. The van der Waals surface area contributed by atoms with Crippen LogP contribution in [-0.4, -0.2) is 35.8 Å². The van der Waals surface area contributed by atoms with Gasteiger partial charge in [0.2, 0.25) is 5.91 Å². The molecule has 1 atom stereocenters. The Morgan fingerprint density at radius 1 is 1.50 bits per heavy atom. The van der Waals surface area contributed by atoms with E-state index in [9.17, 15) is 9.59 Å². The minimum atomic E-state index is -0.115. The first kappa shape index (κ1) is 15.0. The zero-order chi connectivity index (χ0) is 14.7. The SMILES string of the molecule is Cc1ccc(C(=O)NC(C)CN2CCCC2=O)c(Br)c1. The van der Waals surface area contributed by atoms with Crippen molar-refractivity contribution in [3.63, 3.8) is 0 Å². The largest absolute Gasteiger partial charge is 0.348 e. The summed E-state index contributed by atoms with van der Waals surface area (Å²) in [6.07, 6.45) is 1.55. The Bertz CT molecular complexity index is 531. The van der Waals surface area contributed by atoms with Gasteiger partial charge in [0.25, 0.3) is 5.91 Å². The van der Waals surface area contributed by atoms with E-state index in [0.717, 1.165) is 23.0 Å². The molecule has 108 valence electrons. The van der Waals surface area contributed by atoms with Gasteiger partial charge in [0.15, 0.2) is 0 Å². The molecule has 20 heavy (non-hydrogen) atoms. The number of nitrogens with one attached hydrogen (secondary N) is 1. The van der Waals surface area contributed by atoms with E-state index in [1.165, 1.54) is 0 Å². The molecule has 2 rings (SSSR count). The van der Waals surface area contributed by atoms with Crippen LogP contribution in [0, 0.1) is 6.92 Å². The van der Waals surface area contributed by atoms with Crippen LogP contribution in [0.2, 0.25) is 0 Å². The molecule has 0 saturated carbocycles. The predicted molar refractivity (Wildman–Crippen MR) is 81.6 cm³/mol. The quantitative estimate of drug-likeness (QED) is 0.916. The van der Waals surface area contributed by atoms with Gasteiger partial charge in [0.1, 0.15) is 0 Å². The maximum absolute atomic E-state index is 12.2. The molecule has 1 N–H and O–H groups in total. The summed E-state index contributed by atoms with van der Waals surface area (Å²) in [4.78, 5) is 25.6. The van der Waals surface area contributed by atoms with Crippen LogP contribution < -0.4 is 5.32 Å². The molecule has 4 nitrogen and oxygen atoms in total. The van der Waals surface area contributed by atoms with Crippen molar-refractivity contribution >= 4 is 27.7 Å². The number of carbonyl (C=O) groups excluding carboxylic acids is 2. The Hall–Kier alpha value is -1.36. The number of rotatable bonds is 4. The maximum Gasteiger partial charge on any atom is 0.252 e. The number of carbonyl (C=O) groups is 2. The zero-order valence-electron chi connectivity index (χ0n) is 11.8. The van der Waals surface area contributed by atoms with Crippen molar-refractivity contribution in [2.45, 2.75) is 32.7 Å². The molecule has 5 heteroatoms. The standard InChI is InChI=1S/C15H19BrN2O2/c1-10-5-6-12(13(16)8-10)15(20)17-11(2)9-18-7-3-4-14(18)19/h5-6,8,11H,3-4,7,9H2,1-2H3,(H,17,20). The van der Waals surface area contributed by atoms with Gasteiger partial charge in [0, 0.05) is 30.0 Å². The molecule has 2 amide bonds.